The quantitative estimate of drug-likeness (QED) is 0.553. The van der Waals surface area contributed by atoms with Gasteiger partial charge in [-0.3, -0.25) is 0 Å². The number of aryl methyl sites for hydroxylation is 2. The van der Waals surface area contributed by atoms with Crippen molar-refractivity contribution in [3.63, 3.8) is 0 Å². The van der Waals surface area contributed by atoms with E-state index in [-0.39, 0.29) is 5.63 Å². The number of hydrogen-bond acceptors (Lipinski definition) is 3. The lowest BCUT2D eigenvalue weighted by atomic mass is 10.1. The zero-order valence-electron chi connectivity index (χ0n) is 9.96. The van der Waals surface area contributed by atoms with Gasteiger partial charge in [0, 0.05) is 10.9 Å². The van der Waals surface area contributed by atoms with Crippen LogP contribution < -0.4 is 5.63 Å². The van der Waals surface area contributed by atoms with E-state index >= 15 is 0 Å². The molecule has 1 aromatic carbocycles. The average Bonchev–Trinajstić information content (AvgIpc) is 2.67. The molecule has 2 heterocycles. The summed E-state index contributed by atoms with van der Waals surface area (Å²) < 4.78 is 10.9. The molecule has 0 aliphatic rings. The van der Waals surface area contributed by atoms with Crippen molar-refractivity contribution in [3.05, 3.63) is 45.5 Å². The van der Waals surface area contributed by atoms with Gasteiger partial charge in [-0.15, -0.1) is 0 Å². The molecular weight excluding hydrogens is 216 g/mol. The van der Waals surface area contributed by atoms with E-state index in [1.54, 1.807) is 6.92 Å². The molecule has 2 aromatic heterocycles. The standard InChI is InChI=1S/C14H12O3/c1-7-6-11-12(16-7)5-4-10-8(2)9(3)14(15)17-13(10)11/h4-6H,1-3H3. The Morgan fingerprint density at radius 3 is 2.47 bits per heavy atom. The van der Waals surface area contributed by atoms with Crippen molar-refractivity contribution in [2.75, 3.05) is 0 Å². The second-order valence-electron chi connectivity index (χ2n) is 4.35. The van der Waals surface area contributed by atoms with Gasteiger partial charge < -0.3 is 8.83 Å². The van der Waals surface area contributed by atoms with Crippen LogP contribution in [0.15, 0.2) is 31.8 Å². The number of rotatable bonds is 0. The van der Waals surface area contributed by atoms with Crippen molar-refractivity contribution >= 4 is 21.9 Å². The fourth-order valence-corrected chi connectivity index (χ4v) is 2.14. The SMILES string of the molecule is Cc1cc2c(ccc3c(C)c(C)c(=O)oc32)o1. The molecule has 0 amide bonds. The van der Waals surface area contributed by atoms with Crippen LogP contribution in [0.3, 0.4) is 0 Å². The first-order chi connectivity index (χ1) is 8.08. The summed E-state index contributed by atoms with van der Waals surface area (Å²) in [4.78, 5) is 11.7. The van der Waals surface area contributed by atoms with Crippen LogP contribution in [0.1, 0.15) is 16.9 Å². The molecule has 0 spiro atoms. The Bertz CT molecular complexity index is 790. The monoisotopic (exact) mass is 228 g/mol. The molecule has 0 radical (unpaired) electrons. The second kappa shape index (κ2) is 3.23. The smallest absolute Gasteiger partial charge is 0.339 e. The molecule has 0 unspecified atom stereocenters. The molecule has 3 nitrogen and oxygen atoms in total. The Kier molecular flexibility index (Phi) is 1.93. The lowest BCUT2D eigenvalue weighted by Gasteiger charge is -2.03. The maximum Gasteiger partial charge on any atom is 0.339 e. The van der Waals surface area contributed by atoms with Crippen molar-refractivity contribution in [2.24, 2.45) is 0 Å². The van der Waals surface area contributed by atoms with Gasteiger partial charge >= 0.3 is 5.63 Å². The van der Waals surface area contributed by atoms with E-state index in [0.717, 1.165) is 27.7 Å². The van der Waals surface area contributed by atoms with Crippen LogP contribution in [0.25, 0.3) is 21.9 Å². The summed E-state index contributed by atoms with van der Waals surface area (Å²) in [7, 11) is 0. The summed E-state index contributed by atoms with van der Waals surface area (Å²) in [6.07, 6.45) is 0. The van der Waals surface area contributed by atoms with Gasteiger partial charge in [0.25, 0.3) is 0 Å². The summed E-state index contributed by atoms with van der Waals surface area (Å²) >= 11 is 0. The fraction of sp³-hybridized carbons (Fsp3) is 0.214. The molecule has 3 heteroatoms. The first-order valence-corrected chi connectivity index (χ1v) is 5.51. The highest BCUT2D eigenvalue weighted by atomic mass is 16.4. The van der Waals surface area contributed by atoms with Gasteiger partial charge in [-0.1, -0.05) is 0 Å². The molecule has 0 aliphatic heterocycles. The van der Waals surface area contributed by atoms with Crippen LogP contribution in [-0.2, 0) is 0 Å². The second-order valence-corrected chi connectivity index (χ2v) is 4.35. The lowest BCUT2D eigenvalue weighted by molar-refractivity contribution is 0.555. The first kappa shape index (κ1) is 10.1. The number of benzene rings is 1. The van der Waals surface area contributed by atoms with E-state index in [0.29, 0.717) is 11.1 Å². The Morgan fingerprint density at radius 1 is 0.941 bits per heavy atom. The molecule has 0 bridgehead atoms. The summed E-state index contributed by atoms with van der Waals surface area (Å²) in [6, 6.07) is 5.75. The molecule has 3 aromatic rings. The fourth-order valence-electron chi connectivity index (χ4n) is 2.14. The maximum atomic E-state index is 11.7. The van der Waals surface area contributed by atoms with E-state index in [4.69, 9.17) is 8.83 Å². The van der Waals surface area contributed by atoms with E-state index in [2.05, 4.69) is 0 Å². The number of furan rings is 1. The highest BCUT2D eigenvalue weighted by molar-refractivity contribution is 6.03. The Labute approximate surface area is 97.7 Å². The van der Waals surface area contributed by atoms with Crippen LogP contribution >= 0.6 is 0 Å². The summed E-state index contributed by atoms with van der Waals surface area (Å²) in [6.45, 7) is 5.60. The van der Waals surface area contributed by atoms with Gasteiger partial charge in [-0.2, -0.15) is 0 Å². The van der Waals surface area contributed by atoms with E-state index in [1.165, 1.54) is 0 Å². The zero-order valence-corrected chi connectivity index (χ0v) is 9.96. The number of hydrogen-bond donors (Lipinski definition) is 0. The van der Waals surface area contributed by atoms with Crippen LogP contribution in [0, 0.1) is 20.8 Å². The van der Waals surface area contributed by atoms with Crippen LogP contribution in [0.5, 0.6) is 0 Å². The lowest BCUT2D eigenvalue weighted by Crippen LogP contribution is -2.05. The number of fused-ring (bicyclic) bond motifs is 3. The third-order valence-corrected chi connectivity index (χ3v) is 3.24. The van der Waals surface area contributed by atoms with Gasteiger partial charge in [-0.25, -0.2) is 4.79 Å². The molecule has 0 aliphatic carbocycles. The predicted octanol–water partition coefficient (Wildman–Crippen LogP) is 3.46. The van der Waals surface area contributed by atoms with Crippen molar-refractivity contribution < 1.29 is 8.83 Å². The van der Waals surface area contributed by atoms with Gasteiger partial charge in [0.15, 0.2) is 0 Å². The third-order valence-electron chi connectivity index (χ3n) is 3.24. The molecular formula is C14H12O3. The topological polar surface area (TPSA) is 43.4 Å². The maximum absolute atomic E-state index is 11.7. The van der Waals surface area contributed by atoms with Gasteiger partial charge in [0.05, 0.1) is 5.39 Å². The molecule has 17 heavy (non-hydrogen) atoms. The minimum atomic E-state index is -0.277. The molecule has 3 rings (SSSR count). The van der Waals surface area contributed by atoms with Crippen molar-refractivity contribution in [1.29, 1.82) is 0 Å². The molecule has 86 valence electrons. The zero-order chi connectivity index (χ0) is 12.2. The molecule has 0 fully saturated rings. The van der Waals surface area contributed by atoms with E-state index < -0.39 is 0 Å². The molecule has 0 N–H and O–H groups in total. The van der Waals surface area contributed by atoms with E-state index in [9.17, 15) is 4.79 Å². The normalized spacial score (nSPS) is 11.5. The summed E-state index contributed by atoms with van der Waals surface area (Å²) in [5.41, 5.74) is 2.73. The van der Waals surface area contributed by atoms with Crippen molar-refractivity contribution in [2.45, 2.75) is 20.8 Å². The largest absolute Gasteiger partial charge is 0.461 e. The first-order valence-electron chi connectivity index (χ1n) is 5.51. The van der Waals surface area contributed by atoms with Gasteiger partial charge in [-0.05, 0) is 44.5 Å². The highest BCUT2D eigenvalue weighted by Crippen LogP contribution is 2.29. The summed E-state index contributed by atoms with van der Waals surface area (Å²) in [5, 5.41) is 1.83. The average molecular weight is 228 g/mol. The van der Waals surface area contributed by atoms with E-state index in [1.807, 2.05) is 32.0 Å². The third kappa shape index (κ3) is 1.32. The Hall–Kier alpha value is -2.03. The van der Waals surface area contributed by atoms with Crippen molar-refractivity contribution in [3.8, 4) is 0 Å². The van der Waals surface area contributed by atoms with Gasteiger partial charge in [0.2, 0.25) is 0 Å². The highest BCUT2D eigenvalue weighted by Gasteiger charge is 2.12. The summed E-state index contributed by atoms with van der Waals surface area (Å²) in [5.74, 6) is 0.813. The predicted molar refractivity (Wildman–Crippen MR) is 66.5 cm³/mol. The van der Waals surface area contributed by atoms with Crippen molar-refractivity contribution in [1.82, 2.24) is 0 Å². The van der Waals surface area contributed by atoms with Crippen LogP contribution in [-0.4, -0.2) is 0 Å². The molecule has 0 saturated heterocycles. The minimum absolute atomic E-state index is 0.277. The minimum Gasteiger partial charge on any atom is -0.461 e. The molecule has 0 atom stereocenters. The van der Waals surface area contributed by atoms with Crippen LogP contribution in [0.4, 0.5) is 0 Å². The Morgan fingerprint density at radius 2 is 1.71 bits per heavy atom. The molecule has 0 saturated carbocycles. The van der Waals surface area contributed by atoms with Crippen LogP contribution in [0.2, 0.25) is 0 Å². The van der Waals surface area contributed by atoms with Gasteiger partial charge in [0.1, 0.15) is 16.9 Å². The Balaban J connectivity index is 2.63.